The molecule has 0 aliphatic heterocycles. The Hall–Kier alpha value is -1.71. The van der Waals surface area contributed by atoms with Crippen LogP contribution in [0.15, 0.2) is 18.2 Å². The van der Waals surface area contributed by atoms with E-state index in [2.05, 4.69) is 12.1 Å². The standard InChI is InChI=1S/C21H28O4/c1-24-19-7-6-13(12-20(19)25-18-4-2-3-5-18)14-8-15-10-17(21(22)23)11-16(15)9-14/h6-7,12,14-18H,2-5,8-11H2,1H3,(H,22,23). The lowest BCUT2D eigenvalue weighted by atomic mass is 9.92. The zero-order valence-electron chi connectivity index (χ0n) is 14.9. The second-order valence-corrected chi connectivity index (χ2v) is 8.13. The van der Waals surface area contributed by atoms with Crippen LogP contribution in [0.1, 0.15) is 62.8 Å². The van der Waals surface area contributed by atoms with Crippen LogP contribution in [0.4, 0.5) is 0 Å². The van der Waals surface area contributed by atoms with Crippen molar-refractivity contribution in [3.05, 3.63) is 23.8 Å². The lowest BCUT2D eigenvalue weighted by molar-refractivity contribution is -0.141. The van der Waals surface area contributed by atoms with E-state index in [1.165, 1.54) is 18.4 Å². The van der Waals surface area contributed by atoms with E-state index in [9.17, 15) is 9.90 Å². The molecule has 4 nitrogen and oxygen atoms in total. The molecule has 2 atom stereocenters. The van der Waals surface area contributed by atoms with Crippen molar-refractivity contribution in [3.8, 4) is 11.5 Å². The summed E-state index contributed by atoms with van der Waals surface area (Å²) < 4.78 is 11.7. The Morgan fingerprint density at radius 2 is 1.72 bits per heavy atom. The number of ether oxygens (including phenoxy) is 2. The molecule has 0 radical (unpaired) electrons. The van der Waals surface area contributed by atoms with Gasteiger partial charge in [0.15, 0.2) is 11.5 Å². The number of carbonyl (C=O) groups is 1. The van der Waals surface area contributed by atoms with Gasteiger partial charge in [-0.1, -0.05) is 6.07 Å². The molecule has 0 bridgehead atoms. The summed E-state index contributed by atoms with van der Waals surface area (Å²) >= 11 is 0. The Bertz CT molecular complexity index is 621. The lowest BCUT2D eigenvalue weighted by Crippen LogP contribution is -2.12. The van der Waals surface area contributed by atoms with Crippen molar-refractivity contribution >= 4 is 5.97 Å². The van der Waals surface area contributed by atoms with Gasteiger partial charge in [-0.25, -0.2) is 0 Å². The van der Waals surface area contributed by atoms with Crippen molar-refractivity contribution in [2.45, 2.75) is 63.4 Å². The Morgan fingerprint density at radius 1 is 1.04 bits per heavy atom. The molecule has 3 aliphatic carbocycles. The second-order valence-electron chi connectivity index (χ2n) is 8.13. The van der Waals surface area contributed by atoms with Crippen LogP contribution in [-0.4, -0.2) is 24.3 Å². The number of fused-ring (bicyclic) bond motifs is 1. The zero-order chi connectivity index (χ0) is 17.4. The summed E-state index contributed by atoms with van der Waals surface area (Å²) in [6.45, 7) is 0. The highest BCUT2D eigenvalue weighted by atomic mass is 16.5. The summed E-state index contributed by atoms with van der Waals surface area (Å²) in [7, 11) is 1.70. The van der Waals surface area contributed by atoms with Gasteiger partial charge in [0.05, 0.1) is 19.1 Å². The van der Waals surface area contributed by atoms with Gasteiger partial charge in [0, 0.05) is 0 Å². The van der Waals surface area contributed by atoms with Gasteiger partial charge in [-0.3, -0.25) is 4.79 Å². The summed E-state index contributed by atoms with van der Waals surface area (Å²) in [4.78, 5) is 11.2. The van der Waals surface area contributed by atoms with Crippen molar-refractivity contribution in [1.29, 1.82) is 0 Å². The normalized spacial score (nSPS) is 31.9. The van der Waals surface area contributed by atoms with E-state index < -0.39 is 5.97 Å². The van der Waals surface area contributed by atoms with Gasteiger partial charge in [0.25, 0.3) is 0 Å². The molecule has 1 aromatic rings. The first-order valence-corrected chi connectivity index (χ1v) is 9.71. The summed E-state index contributed by atoms with van der Waals surface area (Å²) in [5.41, 5.74) is 1.33. The summed E-state index contributed by atoms with van der Waals surface area (Å²) in [6, 6.07) is 6.38. The van der Waals surface area contributed by atoms with E-state index >= 15 is 0 Å². The van der Waals surface area contributed by atoms with Crippen LogP contribution < -0.4 is 9.47 Å². The van der Waals surface area contributed by atoms with Crippen LogP contribution >= 0.6 is 0 Å². The Labute approximate surface area is 149 Å². The Kier molecular flexibility index (Phi) is 4.61. The summed E-state index contributed by atoms with van der Waals surface area (Å²) in [6.07, 6.45) is 9.05. The molecule has 4 heteroatoms. The molecule has 3 saturated carbocycles. The maximum absolute atomic E-state index is 11.2. The van der Waals surface area contributed by atoms with Crippen molar-refractivity contribution in [2.75, 3.05) is 7.11 Å². The van der Waals surface area contributed by atoms with Gasteiger partial charge in [-0.2, -0.15) is 0 Å². The monoisotopic (exact) mass is 344 g/mol. The van der Waals surface area contributed by atoms with Gasteiger partial charge >= 0.3 is 5.97 Å². The average Bonchev–Trinajstić information content (AvgIpc) is 3.30. The summed E-state index contributed by atoms with van der Waals surface area (Å²) in [5, 5.41) is 9.25. The van der Waals surface area contributed by atoms with Gasteiger partial charge in [0.2, 0.25) is 0 Å². The van der Waals surface area contributed by atoms with Crippen LogP contribution in [0.25, 0.3) is 0 Å². The minimum Gasteiger partial charge on any atom is -0.493 e. The highest BCUT2D eigenvalue weighted by Gasteiger charge is 2.44. The number of methoxy groups -OCH3 is 1. The minimum atomic E-state index is -0.609. The number of hydrogen-bond donors (Lipinski definition) is 1. The molecule has 3 aliphatic rings. The molecule has 0 amide bonds. The third kappa shape index (κ3) is 3.36. The first-order valence-electron chi connectivity index (χ1n) is 9.71. The van der Waals surface area contributed by atoms with Gasteiger partial charge in [-0.15, -0.1) is 0 Å². The SMILES string of the molecule is COc1ccc(C2CC3CC(C(=O)O)CC3C2)cc1OC1CCCC1. The highest BCUT2D eigenvalue weighted by molar-refractivity contribution is 5.70. The maximum atomic E-state index is 11.2. The molecule has 0 aromatic heterocycles. The topological polar surface area (TPSA) is 55.8 Å². The van der Waals surface area contributed by atoms with Crippen molar-refractivity contribution < 1.29 is 19.4 Å². The quantitative estimate of drug-likeness (QED) is 0.847. The Balaban J connectivity index is 1.47. The van der Waals surface area contributed by atoms with E-state index in [4.69, 9.17) is 9.47 Å². The molecule has 1 N–H and O–H groups in total. The molecule has 3 fully saturated rings. The number of hydrogen-bond acceptors (Lipinski definition) is 3. The third-order valence-corrected chi connectivity index (χ3v) is 6.62. The fraction of sp³-hybridized carbons (Fsp3) is 0.667. The number of benzene rings is 1. The van der Waals surface area contributed by atoms with E-state index in [-0.39, 0.29) is 5.92 Å². The van der Waals surface area contributed by atoms with Crippen LogP contribution in [0.2, 0.25) is 0 Å². The van der Waals surface area contributed by atoms with E-state index in [1.807, 2.05) is 6.07 Å². The van der Waals surface area contributed by atoms with Gasteiger partial charge in [-0.05, 0) is 86.8 Å². The largest absolute Gasteiger partial charge is 0.493 e. The van der Waals surface area contributed by atoms with Crippen molar-refractivity contribution in [1.82, 2.24) is 0 Å². The fourth-order valence-corrected chi connectivity index (χ4v) is 5.32. The van der Waals surface area contributed by atoms with Crippen LogP contribution in [0, 0.1) is 17.8 Å². The molecule has 0 spiro atoms. The highest BCUT2D eigenvalue weighted by Crippen LogP contribution is 2.53. The summed E-state index contributed by atoms with van der Waals surface area (Å²) in [5.74, 6) is 2.66. The molecule has 25 heavy (non-hydrogen) atoms. The van der Waals surface area contributed by atoms with Crippen molar-refractivity contribution in [2.24, 2.45) is 17.8 Å². The predicted octanol–water partition coefficient (Wildman–Crippen LogP) is 4.62. The van der Waals surface area contributed by atoms with E-state index in [0.29, 0.717) is 23.9 Å². The maximum Gasteiger partial charge on any atom is 0.306 e. The third-order valence-electron chi connectivity index (χ3n) is 6.62. The number of rotatable bonds is 5. The zero-order valence-corrected chi connectivity index (χ0v) is 14.9. The first-order chi connectivity index (χ1) is 12.1. The Morgan fingerprint density at radius 3 is 2.32 bits per heavy atom. The molecule has 4 rings (SSSR count). The van der Waals surface area contributed by atoms with E-state index in [1.54, 1.807) is 7.11 Å². The van der Waals surface area contributed by atoms with E-state index in [0.717, 1.165) is 50.0 Å². The van der Waals surface area contributed by atoms with Gasteiger partial charge < -0.3 is 14.6 Å². The first kappa shape index (κ1) is 16.7. The molecule has 0 heterocycles. The average molecular weight is 344 g/mol. The number of carboxylic acids is 1. The molecule has 2 unspecified atom stereocenters. The molecular weight excluding hydrogens is 316 g/mol. The second kappa shape index (κ2) is 6.89. The lowest BCUT2D eigenvalue weighted by Gasteiger charge is -2.19. The van der Waals surface area contributed by atoms with Gasteiger partial charge in [0.1, 0.15) is 0 Å². The molecule has 1 aromatic carbocycles. The smallest absolute Gasteiger partial charge is 0.306 e. The molecule has 0 saturated heterocycles. The predicted molar refractivity (Wildman–Crippen MR) is 95.2 cm³/mol. The van der Waals surface area contributed by atoms with Crippen LogP contribution in [-0.2, 0) is 4.79 Å². The minimum absolute atomic E-state index is 0.118. The molecule has 136 valence electrons. The van der Waals surface area contributed by atoms with Crippen LogP contribution in [0.3, 0.4) is 0 Å². The number of aliphatic carboxylic acids is 1. The number of carboxylic acid groups (broad SMARTS) is 1. The fourth-order valence-electron chi connectivity index (χ4n) is 5.32. The molecular formula is C21H28O4. The van der Waals surface area contributed by atoms with Crippen molar-refractivity contribution in [3.63, 3.8) is 0 Å². The van der Waals surface area contributed by atoms with Crippen LogP contribution in [0.5, 0.6) is 11.5 Å².